The van der Waals surface area contributed by atoms with Crippen molar-refractivity contribution in [3.63, 3.8) is 0 Å². The fraction of sp³-hybridized carbons (Fsp3) is 0.413. The van der Waals surface area contributed by atoms with E-state index < -0.39 is 17.5 Å². The Bertz CT molecular complexity index is 2830. The normalized spacial score (nSPS) is 17.5. The number of carbonyl (C=O) groups is 5. The third-order valence-electron chi connectivity index (χ3n) is 14.1. The Kier molecular flexibility index (Phi) is 27.3. The molecular weight excluding hydrogens is 1050 g/mol. The minimum Gasteiger partial charge on any atom is -0.872 e. The molecule has 4 aliphatic rings. The molecule has 414 valence electrons. The van der Waals surface area contributed by atoms with Crippen molar-refractivity contribution in [1.29, 1.82) is 0 Å². The summed E-state index contributed by atoms with van der Waals surface area (Å²) in [4.78, 5) is 58.3. The molecule has 4 saturated carbocycles. The molecule has 0 spiro atoms. The topological polar surface area (TPSA) is 175 Å². The summed E-state index contributed by atoms with van der Waals surface area (Å²) >= 11 is 11.5. The number of carbonyl (C=O) groups excluding carboxylic acids is 5. The Labute approximate surface area is 498 Å². The number of esters is 2. The van der Waals surface area contributed by atoms with Crippen LogP contribution in [0.15, 0.2) is 140 Å². The van der Waals surface area contributed by atoms with Crippen LogP contribution in [0.5, 0.6) is 0 Å². The van der Waals surface area contributed by atoms with Gasteiger partial charge in [0.2, 0.25) is 0 Å². The van der Waals surface area contributed by atoms with Gasteiger partial charge < -0.3 is 19.9 Å². The number of nitrogens with one attached hydrogen (secondary N) is 1. The Balaban J connectivity index is 0.000000207. The number of hydrogen-bond acceptors (Lipinski definition) is 10. The molecule has 4 aliphatic carbocycles. The first-order valence-electron chi connectivity index (χ1n) is 27.5. The van der Waals surface area contributed by atoms with Gasteiger partial charge in [0.1, 0.15) is 0 Å². The first kappa shape index (κ1) is 64.0. The molecule has 0 aliphatic heterocycles. The molecule has 1 amide bonds. The number of ketones is 2. The van der Waals surface area contributed by atoms with Gasteiger partial charge in [-0.05, 0) is 131 Å². The predicted octanol–water partition coefficient (Wildman–Crippen LogP) is 9.60. The van der Waals surface area contributed by atoms with Gasteiger partial charge in [0.15, 0.2) is 17.2 Å². The third-order valence-corrected chi connectivity index (χ3v) is 14.6. The second-order valence-electron chi connectivity index (χ2n) is 20.0. The zero-order valence-corrected chi connectivity index (χ0v) is 49.8. The number of rotatable bonds is 22. The van der Waals surface area contributed by atoms with E-state index in [4.69, 9.17) is 33.0 Å². The molecule has 0 saturated heterocycles. The van der Waals surface area contributed by atoms with Gasteiger partial charge in [-0.15, -0.1) is 23.2 Å². The van der Waals surface area contributed by atoms with Gasteiger partial charge in [-0.25, -0.2) is 9.59 Å². The minimum absolute atomic E-state index is 0. The summed E-state index contributed by atoms with van der Waals surface area (Å²) in [7, 11) is 0. The standard InChI is InChI=1S/C25H32ClN3O.C17H21ClN2O2.C12H12O4.C9H10O.Na/c26-9-5-2-6-10-29-23(21-7-3-1-4-8-21)14-22(28-29)24(30)27-25-15-18-11-19(16-25)13-20(12-18)17-25;1-2-22-17(21)15-13-16(14-9-5-3-6-10-14)20(19-15)12-8-4-7-11-18;1-2-16-12(15)11(14)8-10(13)9-6-4-3-5-7-9;1-2-9(10)8-6-4-3-5-7-8;/h1,3-4,7-8,14,18-20H,2,5-6,9-13,15-17H2,(H,27,30);3,5-6,9-10,13H,2,4,7-8,11-12H2,1H3;3-8,13H,2H2,1H3;3-7H,2H2,1H3;/q;;;;+1/p-1/b;;10-8-;;. The molecule has 0 atom stereocenters. The number of hydrogen-bond donors (Lipinski definition) is 1. The molecule has 79 heavy (non-hydrogen) atoms. The Hall–Kier alpha value is -5.83. The number of unbranched alkanes of at least 4 members (excludes halogenated alkanes) is 4. The fourth-order valence-corrected chi connectivity index (χ4v) is 11.2. The molecular formula is C63H74Cl2N5NaO8. The number of aromatic nitrogens is 4. The first-order valence-corrected chi connectivity index (χ1v) is 28.6. The van der Waals surface area contributed by atoms with E-state index in [-0.39, 0.29) is 59.4 Å². The number of aryl methyl sites for hydroxylation is 2. The van der Waals surface area contributed by atoms with Crippen LogP contribution in [-0.2, 0) is 32.2 Å². The average molecular weight is 1120 g/mol. The van der Waals surface area contributed by atoms with E-state index in [0.717, 1.165) is 123 Å². The largest absolute Gasteiger partial charge is 1.00 e. The molecule has 0 unspecified atom stereocenters. The van der Waals surface area contributed by atoms with E-state index in [1.54, 1.807) is 50.2 Å². The second-order valence-corrected chi connectivity index (χ2v) is 20.7. The molecule has 2 heterocycles. The van der Waals surface area contributed by atoms with Crippen molar-refractivity contribution >= 4 is 58.4 Å². The molecule has 13 nitrogen and oxygen atoms in total. The van der Waals surface area contributed by atoms with Gasteiger partial charge in [-0.2, -0.15) is 10.2 Å². The van der Waals surface area contributed by atoms with Gasteiger partial charge in [0.25, 0.3) is 11.7 Å². The van der Waals surface area contributed by atoms with Gasteiger partial charge in [-0.1, -0.05) is 147 Å². The van der Waals surface area contributed by atoms with Crippen LogP contribution in [-0.4, -0.2) is 79.5 Å². The van der Waals surface area contributed by atoms with Crippen molar-refractivity contribution in [2.24, 2.45) is 17.8 Å². The maximum absolute atomic E-state index is 13.3. The number of halogens is 2. The Morgan fingerprint density at radius 2 is 1.04 bits per heavy atom. The van der Waals surface area contributed by atoms with Crippen molar-refractivity contribution in [2.45, 2.75) is 123 Å². The summed E-state index contributed by atoms with van der Waals surface area (Å²) in [6.07, 6.45) is 15.1. The molecule has 16 heteroatoms. The third kappa shape index (κ3) is 19.7. The molecule has 0 radical (unpaired) electrons. The van der Waals surface area contributed by atoms with Gasteiger partial charge in [0.05, 0.1) is 24.6 Å². The smallest absolute Gasteiger partial charge is 0.872 e. The van der Waals surface area contributed by atoms with Crippen LogP contribution in [0.3, 0.4) is 0 Å². The van der Waals surface area contributed by atoms with Crippen molar-refractivity contribution in [1.82, 2.24) is 24.9 Å². The number of nitrogens with zero attached hydrogens (tertiary/aromatic N) is 4. The molecule has 1 N–H and O–H groups in total. The van der Waals surface area contributed by atoms with Crippen molar-refractivity contribution in [3.05, 3.63) is 162 Å². The van der Waals surface area contributed by atoms with Crippen LogP contribution in [0, 0.1) is 17.8 Å². The monoisotopic (exact) mass is 1120 g/mol. The van der Waals surface area contributed by atoms with Crippen LogP contribution < -0.4 is 40.0 Å². The number of alkyl halides is 2. The van der Waals surface area contributed by atoms with Crippen LogP contribution >= 0.6 is 23.2 Å². The number of amides is 1. The molecule has 2 aromatic heterocycles. The molecule has 4 aromatic carbocycles. The second kappa shape index (κ2) is 33.7. The fourth-order valence-electron chi connectivity index (χ4n) is 10.8. The minimum atomic E-state index is -1.01. The molecule has 6 aromatic rings. The summed E-state index contributed by atoms with van der Waals surface area (Å²) in [5.41, 5.74) is 6.22. The summed E-state index contributed by atoms with van der Waals surface area (Å²) in [6.45, 7) is 7.28. The van der Waals surface area contributed by atoms with E-state index in [2.05, 4.69) is 27.3 Å². The Morgan fingerprint density at radius 3 is 1.48 bits per heavy atom. The zero-order chi connectivity index (χ0) is 55.7. The van der Waals surface area contributed by atoms with Crippen LogP contribution in [0.4, 0.5) is 0 Å². The summed E-state index contributed by atoms with van der Waals surface area (Å²) in [5, 5.41) is 24.1. The maximum atomic E-state index is 13.3. The van der Waals surface area contributed by atoms with Crippen molar-refractivity contribution in [2.75, 3.05) is 25.0 Å². The van der Waals surface area contributed by atoms with E-state index in [9.17, 15) is 29.1 Å². The van der Waals surface area contributed by atoms with Gasteiger partial charge in [0, 0.05) is 42.4 Å². The van der Waals surface area contributed by atoms with E-state index in [1.165, 1.54) is 19.3 Å². The van der Waals surface area contributed by atoms with Crippen LogP contribution in [0.2, 0.25) is 0 Å². The quantitative estimate of drug-likeness (QED) is 0.0101. The summed E-state index contributed by atoms with van der Waals surface area (Å²) in [6, 6.07) is 41.6. The zero-order valence-electron chi connectivity index (χ0n) is 46.3. The van der Waals surface area contributed by atoms with Crippen LogP contribution in [0.25, 0.3) is 28.3 Å². The maximum Gasteiger partial charge on any atom is 1.00 e. The predicted molar refractivity (Wildman–Crippen MR) is 306 cm³/mol. The SMILES string of the molecule is CCC(=O)c1ccccc1.CCOC(=O)C(=O)/C=C(\[O-])c1ccccc1.CCOC(=O)c1cc(-c2ccccc2)n(CCCCCCl)n1.O=C(NC12CC3CC(CC(C3)C1)C2)c1cc(-c2ccccc2)n(CCCCCCl)n1.[Na+]. The summed E-state index contributed by atoms with van der Waals surface area (Å²) in [5.74, 6) is 1.22. The Morgan fingerprint density at radius 1 is 0.608 bits per heavy atom. The molecule has 4 bridgehead atoms. The molecule has 10 rings (SSSR count). The van der Waals surface area contributed by atoms with Gasteiger partial charge in [-0.3, -0.25) is 23.7 Å². The number of ether oxygens (including phenoxy) is 2. The first-order chi connectivity index (χ1) is 37.9. The van der Waals surface area contributed by atoms with E-state index in [1.807, 2.05) is 101 Å². The number of benzene rings is 4. The number of Topliss-reactive ketones (excluding diaryl/α,β-unsaturated/α-hetero) is 1. The van der Waals surface area contributed by atoms with E-state index in [0.29, 0.717) is 41.7 Å². The summed E-state index contributed by atoms with van der Waals surface area (Å²) < 4.78 is 13.4. The van der Waals surface area contributed by atoms with Crippen LogP contribution in [0.1, 0.15) is 141 Å². The van der Waals surface area contributed by atoms with E-state index >= 15 is 0 Å². The van der Waals surface area contributed by atoms with Gasteiger partial charge >= 0.3 is 41.5 Å². The van der Waals surface area contributed by atoms with Crippen molar-refractivity contribution in [3.8, 4) is 22.5 Å². The molecule has 4 fully saturated rings. The average Bonchev–Trinajstić information content (AvgIpc) is 4.10. The van der Waals surface area contributed by atoms with Crippen molar-refractivity contribution < 1.29 is 68.1 Å².